The molecule has 0 aliphatic carbocycles. The van der Waals surface area contributed by atoms with Crippen LogP contribution in [0.4, 0.5) is 0 Å². The second-order valence-corrected chi connectivity index (χ2v) is 9.55. The van der Waals surface area contributed by atoms with Crippen molar-refractivity contribution in [3.05, 3.63) is 0 Å². The van der Waals surface area contributed by atoms with E-state index in [1.54, 1.807) is 4.31 Å². The average Bonchev–Trinajstić information content (AvgIpc) is 2.63. The lowest BCUT2D eigenvalue weighted by Gasteiger charge is -2.30. The minimum absolute atomic E-state index is 0.463. The van der Waals surface area contributed by atoms with Gasteiger partial charge < -0.3 is 15.0 Å². The first-order chi connectivity index (χ1) is 12.4. The standard InChI is InChI=1S/C18H36N4O3S/c1-4-19-18(21(2)10-5-16-8-13-25-14-9-16)20-15-17-6-11-22(12-7-17)26(3,23)24/h16-17H,4-15H2,1-3H3,(H,19,20). The van der Waals surface area contributed by atoms with E-state index in [4.69, 9.17) is 9.73 Å². The Bertz CT molecular complexity index is 539. The molecule has 2 saturated heterocycles. The molecular weight excluding hydrogens is 352 g/mol. The van der Waals surface area contributed by atoms with E-state index in [9.17, 15) is 8.42 Å². The van der Waals surface area contributed by atoms with Gasteiger partial charge in [-0.1, -0.05) is 0 Å². The SMILES string of the molecule is CCNC(=NCC1CCN(S(C)(=O)=O)CC1)N(C)CCC1CCOCC1. The Labute approximate surface area is 159 Å². The summed E-state index contributed by atoms with van der Waals surface area (Å²) >= 11 is 0. The zero-order valence-corrected chi connectivity index (χ0v) is 17.4. The minimum atomic E-state index is -3.05. The van der Waals surface area contributed by atoms with Crippen molar-refractivity contribution < 1.29 is 13.2 Å². The lowest BCUT2D eigenvalue weighted by molar-refractivity contribution is 0.0625. The van der Waals surface area contributed by atoms with Gasteiger partial charge >= 0.3 is 0 Å². The Morgan fingerprint density at radius 2 is 1.85 bits per heavy atom. The second-order valence-electron chi connectivity index (χ2n) is 7.57. The van der Waals surface area contributed by atoms with Crippen LogP contribution < -0.4 is 5.32 Å². The molecule has 2 heterocycles. The number of nitrogens with zero attached hydrogens (tertiary/aromatic N) is 3. The van der Waals surface area contributed by atoms with Crippen LogP contribution in [0.5, 0.6) is 0 Å². The third kappa shape index (κ3) is 7.04. The highest BCUT2D eigenvalue weighted by molar-refractivity contribution is 7.88. The summed E-state index contributed by atoms with van der Waals surface area (Å²) in [5.41, 5.74) is 0. The number of rotatable bonds is 7. The van der Waals surface area contributed by atoms with Crippen molar-refractivity contribution >= 4 is 16.0 Å². The number of hydrogen-bond donors (Lipinski definition) is 1. The quantitative estimate of drug-likeness (QED) is 0.527. The number of aliphatic imine (C=N–C) groups is 1. The van der Waals surface area contributed by atoms with Gasteiger partial charge in [-0.2, -0.15) is 0 Å². The van der Waals surface area contributed by atoms with Crippen LogP contribution in [0.3, 0.4) is 0 Å². The van der Waals surface area contributed by atoms with Crippen molar-refractivity contribution in [3.8, 4) is 0 Å². The van der Waals surface area contributed by atoms with Gasteiger partial charge in [-0.25, -0.2) is 12.7 Å². The smallest absolute Gasteiger partial charge is 0.211 e. The number of ether oxygens (including phenoxy) is 1. The van der Waals surface area contributed by atoms with Crippen molar-refractivity contribution in [2.45, 2.75) is 39.0 Å². The summed E-state index contributed by atoms with van der Waals surface area (Å²) in [4.78, 5) is 7.05. The molecule has 7 nitrogen and oxygen atoms in total. The Morgan fingerprint density at radius 3 is 2.42 bits per heavy atom. The van der Waals surface area contributed by atoms with Crippen molar-refractivity contribution in [1.82, 2.24) is 14.5 Å². The molecule has 0 spiro atoms. The van der Waals surface area contributed by atoms with Gasteiger partial charge in [0.25, 0.3) is 0 Å². The van der Waals surface area contributed by atoms with Crippen LogP contribution in [0.15, 0.2) is 4.99 Å². The van der Waals surface area contributed by atoms with E-state index in [2.05, 4.69) is 24.2 Å². The molecule has 0 aromatic heterocycles. The first kappa shape index (κ1) is 21.4. The fourth-order valence-corrected chi connectivity index (χ4v) is 4.50. The molecule has 152 valence electrons. The summed E-state index contributed by atoms with van der Waals surface area (Å²) in [6.45, 7) is 7.75. The second kappa shape index (κ2) is 10.5. The molecule has 0 radical (unpaired) electrons. The Hall–Kier alpha value is -0.860. The molecule has 0 bridgehead atoms. The fraction of sp³-hybridized carbons (Fsp3) is 0.944. The summed E-state index contributed by atoms with van der Waals surface area (Å²) in [6.07, 6.45) is 6.59. The van der Waals surface area contributed by atoms with E-state index >= 15 is 0 Å². The van der Waals surface area contributed by atoms with E-state index in [1.165, 1.54) is 25.5 Å². The summed E-state index contributed by atoms with van der Waals surface area (Å²) < 4.78 is 30.2. The molecule has 0 aromatic carbocycles. The molecular formula is C18H36N4O3S. The largest absolute Gasteiger partial charge is 0.381 e. The molecule has 1 N–H and O–H groups in total. The molecule has 2 fully saturated rings. The van der Waals surface area contributed by atoms with Gasteiger partial charge in [-0.15, -0.1) is 0 Å². The maximum absolute atomic E-state index is 11.6. The Kier molecular flexibility index (Phi) is 8.63. The van der Waals surface area contributed by atoms with E-state index in [0.29, 0.717) is 19.0 Å². The maximum Gasteiger partial charge on any atom is 0.211 e. The Morgan fingerprint density at radius 1 is 1.19 bits per heavy atom. The van der Waals surface area contributed by atoms with E-state index in [1.807, 2.05) is 0 Å². The number of hydrogen-bond acceptors (Lipinski definition) is 4. The van der Waals surface area contributed by atoms with Crippen LogP contribution in [-0.2, 0) is 14.8 Å². The summed E-state index contributed by atoms with van der Waals surface area (Å²) in [5, 5.41) is 3.39. The summed E-state index contributed by atoms with van der Waals surface area (Å²) in [6, 6.07) is 0. The topological polar surface area (TPSA) is 74.2 Å². The number of sulfonamides is 1. The minimum Gasteiger partial charge on any atom is -0.381 e. The monoisotopic (exact) mass is 388 g/mol. The molecule has 2 rings (SSSR count). The molecule has 0 amide bonds. The zero-order valence-electron chi connectivity index (χ0n) is 16.6. The van der Waals surface area contributed by atoms with Crippen molar-refractivity contribution in [1.29, 1.82) is 0 Å². The number of guanidine groups is 1. The molecule has 8 heteroatoms. The van der Waals surface area contributed by atoms with Crippen molar-refractivity contribution in [3.63, 3.8) is 0 Å². The number of piperidine rings is 1. The first-order valence-electron chi connectivity index (χ1n) is 9.92. The molecule has 0 aromatic rings. The lowest BCUT2D eigenvalue weighted by atomic mass is 9.96. The van der Waals surface area contributed by atoms with Crippen molar-refractivity contribution in [2.24, 2.45) is 16.8 Å². The normalized spacial score (nSPS) is 21.7. The van der Waals surface area contributed by atoms with Gasteiger partial charge in [-0.3, -0.25) is 4.99 Å². The van der Waals surface area contributed by atoms with Gasteiger partial charge in [0, 0.05) is 53.0 Å². The lowest BCUT2D eigenvalue weighted by Crippen LogP contribution is -2.41. The van der Waals surface area contributed by atoms with Crippen LogP contribution >= 0.6 is 0 Å². The fourth-order valence-electron chi connectivity index (χ4n) is 3.63. The van der Waals surface area contributed by atoms with Gasteiger partial charge in [0.05, 0.1) is 6.26 Å². The van der Waals surface area contributed by atoms with Gasteiger partial charge in [0.1, 0.15) is 0 Å². The van der Waals surface area contributed by atoms with E-state index in [-0.39, 0.29) is 0 Å². The predicted molar refractivity (Wildman–Crippen MR) is 106 cm³/mol. The Balaban J connectivity index is 1.79. The van der Waals surface area contributed by atoms with Gasteiger partial charge in [0.15, 0.2) is 5.96 Å². The van der Waals surface area contributed by atoms with Crippen molar-refractivity contribution in [2.75, 3.05) is 59.2 Å². The molecule has 0 unspecified atom stereocenters. The highest BCUT2D eigenvalue weighted by Gasteiger charge is 2.25. The number of nitrogens with one attached hydrogen (secondary N) is 1. The highest BCUT2D eigenvalue weighted by Crippen LogP contribution is 2.20. The third-order valence-corrected chi connectivity index (χ3v) is 6.76. The van der Waals surface area contributed by atoms with Crippen LogP contribution in [0.2, 0.25) is 0 Å². The molecule has 2 aliphatic rings. The maximum atomic E-state index is 11.6. The third-order valence-electron chi connectivity index (χ3n) is 5.45. The summed E-state index contributed by atoms with van der Waals surface area (Å²) in [5.74, 6) is 2.19. The molecule has 0 saturated carbocycles. The van der Waals surface area contributed by atoms with Crippen LogP contribution in [-0.4, -0.2) is 82.8 Å². The van der Waals surface area contributed by atoms with Crippen LogP contribution in [0.1, 0.15) is 39.0 Å². The molecule has 26 heavy (non-hydrogen) atoms. The average molecular weight is 389 g/mol. The van der Waals surface area contributed by atoms with Gasteiger partial charge in [0.2, 0.25) is 10.0 Å². The zero-order chi connectivity index (χ0) is 19.0. The molecule has 0 atom stereocenters. The molecule has 2 aliphatic heterocycles. The van der Waals surface area contributed by atoms with Crippen LogP contribution in [0.25, 0.3) is 0 Å². The van der Waals surface area contributed by atoms with Gasteiger partial charge in [-0.05, 0) is 50.9 Å². The highest BCUT2D eigenvalue weighted by atomic mass is 32.2. The summed E-state index contributed by atoms with van der Waals surface area (Å²) in [7, 11) is -0.948. The van der Waals surface area contributed by atoms with Crippen LogP contribution in [0, 0.1) is 11.8 Å². The predicted octanol–water partition coefficient (Wildman–Crippen LogP) is 1.37. The van der Waals surface area contributed by atoms with E-state index in [0.717, 1.165) is 57.6 Å². The first-order valence-corrected chi connectivity index (χ1v) is 11.8. The van der Waals surface area contributed by atoms with E-state index < -0.39 is 10.0 Å².